The van der Waals surface area contributed by atoms with Crippen molar-refractivity contribution in [3.05, 3.63) is 28.0 Å². The van der Waals surface area contributed by atoms with Crippen LogP contribution in [0.25, 0.3) is 0 Å². The van der Waals surface area contributed by atoms with Gasteiger partial charge in [-0.2, -0.15) is 0 Å². The zero-order valence-corrected chi connectivity index (χ0v) is 10.9. The highest BCUT2D eigenvalue weighted by Crippen LogP contribution is 2.22. The lowest BCUT2D eigenvalue weighted by atomic mass is 10.2. The van der Waals surface area contributed by atoms with Gasteiger partial charge in [-0.05, 0) is 6.07 Å². The van der Waals surface area contributed by atoms with Crippen molar-refractivity contribution in [2.75, 3.05) is 5.75 Å². The fourth-order valence-electron chi connectivity index (χ4n) is 0.918. The van der Waals surface area contributed by atoms with Crippen LogP contribution in [-0.4, -0.2) is 15.9 Å². The summed E-state index contributed by atoms with van der Waals surface area (Å²) in [6.45, 7) is 1.54. The van der Waals surface area contributed by atoms with Crippen molar-refractivity contribution in [1.82, 2.24) is 4.98 Å². The van der Waals surface area contributed by atoms with Gasteiger partial charge in [0.1, 0.15) is 5.15 Å². The average Bonchev–Trinajstić information content (AvgIpc) is 2.23. The topological polar surface area (TPSA) is 30.0 Å². The van der Waals surface area contributed by atoms with Crippen molar-refractivity contribution in [2.24, 2.45) is 0 Å². The smallest absolute Gasteiger partial charge is 0.185 e. The highest BCUT2D eigenvalue weighted by Gasteiger charge is 2.01. The molecule has 1 aromatic rings. The Morgan fingerprint density at radius 2 is 2.31 bits per heavy atom. The van der Waals surface area contributed by atoms with Gasteiger partial charge < -0.3 is 0 Å². The molecule has 0 spiro atoms. The van der Waals surface area contributed by atoms with E-state index in [1.807, 2.05) is 0 Å². The van der Waals surface area contributed by atoms with Crippen molar-refractivity contribution >= 4 is 40.1 Å². The molecule has 0 saturated carbocycles. The van der Waals surface area contributed by atoms with Crippen LogP contribution in [0, 0.1) is 11.8 Å². The van der Waals surface area contributed by atoms with Gasteiger partial charge in [-0.25, -0.2) is 4.98 Å². The van der Waals surface area contributed by atoms with Gasteiger partial charge in [0.25, 0.3) is 0 Å². The molecule has 0 aliphatic carbocycles. The first-order chi connectivity index (χ1) is 7.61. The van der Waals surface area contributed by atoms with Crippen LogP contribution in [0.4, 0.5) is 0 Å². The van der Waals surface area contributed by atoms with E-state index in [1.165, 1.54) is 18.7 Å². The molecule has 0 atom stereocenters. The minimum Gasteiger partial charge on any atom is -0.288 e. The highest BCUT2D eigenvalue weighted by atomic mass is 35.5. The maximum absolute atomic E-state index is 10.6. The molecule has 0 saturated heterocycles. The Labute approximate surface area is 109 Å². The van der Waals surface area contributed by atoms with Crippen LogP contribution in [0.15, 0.2) is 12.3 Å². The molecule has 2 nitrogen and oxygen atoms in total. The number of halogens is 2. The van der Waals surface area contributed by atoms with Crippen molar-refractivity contribution in [3.8, 4) is 11.8 Å². The highest BCUT2D eigenvalue weighted by molar-refractivity contribution is 8.13. The molecule has 0 aliphatic rings. The number of aromatic nitrogens is 1. The van der Waals surface area contributed by atoms with Crippen molar-refractivity contribution < 1.29 is 4.79 Å². The molecule has 0 aliphatic heterocycles. The summed E-state index contributed by atoms with van der Waals surface area (Å²) in [5.74, 6) is 6.52. The van der Waals surface area contributed by atoms with Crippen molar-refractivity contribution in [2.45, 2.75) is 13.3 Å². The first-order valence-corrected chi connectivity index (χ1v) is 6.27. The van der Waals surface area contributed by atoms with Crippen LogP contribution in [-0.2, 0) is 4.79 Å². The zero-order valence-electron chi connectivity index (χ0n) is 8.59. The summed E-state index contributed by atoms with van der Waals surface area (Å²) in [6.07, 6.45) is 2.20. The maximum Gasteiger partial charge on any atom is 0.185 e. The van der Waals surface area contributed by atoms with E-state index < -0.39 is 0 Å². The Morgan fingerprint density at radius 3 is 3.00 bits per heavy atom. The molecule has 0 radical (unpaired) electrons. The maximum atomic E-state index is 10.6. The van der Waals surface area contributed by atoms with Gasteiger partial charge in [-0.15, -0.1) is 0 Å². The van der Waals surface area contributed by atoms with Gasteiger partial charge in [0.15, 0.2) is 5.12 Å². The van der Waals surface area contributed by atoms with Crippen molar-refractivity contribution in [1.29, 1.82) is 0 Å². The third-order valence-corrected chi connectivity index (χ3v) is 3.18. The monoisotopic (exact) mass is 273 g/mol. The number of hydrogen-bond donors (Lipinski definition) is 0. The molecule has 0 amide bonds. The number of carbonyl (C=O) groups is 1. The molecule has 5 heteroatoms. The Balaban J connectivity index is 2.56. The fourth-order valence-corrected chi connectivity index (χ4v) is 1.73. The van der Waals surface area contributed by atoms with E-state index in [1.54, 1.807) is 12.3 Å². The molecule has 16 heavy (non-hydrogen) atoms. The quantitative estimate of drug-likeness (QED) is 0.470. The first-order valence-electron chi connectivity index (χ1n) is 4.53. The molecule has 0 bridgehead atoms. The minimum atomic E-state index is 0.104. The molecular weight excluding hydrogens is 265 g/mol. The number of rotatable bonds is 2. The van der Waals surface area contributed by atoms with Crippen LogP contribution in [0.1, 0.15) is 18.9 Å². The van der Waals surface area contributed by atoms with Crippen LogP contribution in [0.2, 0.25) is 10.2 Å². The first kappa shape index (κ1) is 13.4. The van der Waals surface area contributed by atoms with E-state index in [0.29, 0.717) is 22.8 Å². The second-order valence-electron chi connectivity index (χ2n) is 2.86. The number of hydrogen-bond acceptors (Lipinski definition) is 3. The van der Waals surface area contributed by atoms with E-state index in [0.717, 1.165) is 0 Å². The Hall–Kier alpha value is -0.690. The SMILES string of the molecule is CC(=O)SCCC#Cc1ccnc(Cl)c1Cl. The summed E-state index contributed by atoms with van der Waals surface area (Å²) in [6, 6.07) is 1.71. The van der Waals surface area contributed by atoms with Gasteiger partial charge in [-0.3, -0.25) is 4.79 Å². The molecular formula is C11H9Cl2NOS. The van der Waals surface area contributed by atoms with Gasteiger partial charge in [0, 0.05) is 30.9 Å². The Morgan fingerprint density at radius 1 is 1.56 bits per heavy atom. The molecule has 1 heterocycles. The summed E-state index contributed by atoms with van der Waals surface area (Å²) in [4.78, 5) is 14.5. The molecule has 0 aromatic carbocycles. The summed E-state index contributed by atoms with van der Waals surface area (Å²) in [5.41, 5.74) is 0.662. The summed E-state index contributed by atoms with van der Waals surface area (Å²) in [7, 11) is 0. The molecule has 1 aromatic heterocycles. The second kappa shape index (κ2) is 6.80. The molecule has 0 unspecified atom stereocenters. The van der Waals surface area contributed by atoms with E-state index in [9.17, 15) is 4.79 Å². The standard InChI is InChI=1S/C11H9Cl2NOS/c1-8(15)16-7-3-2-4-9-5-6-14-11(13)10(9)12/h5-6H,3,7H2,1H3. The number of pyridine rings is 1. The number of carbonyl (C=O) groups excluding carboxylic acids is 1. The number of thioether (sulfide) groups is 1. The van der Waals surface area contributed by atoms with E-state index in [-0.39, 0.29) is 10.3 Å². The summed E-state index contributed by atoms with van der Waals surface area (Å²) >= 11 is 12.9. The predicted octanol–water partition coefficient (Wildman–Crippen LogP) is 3.41. The normalized spacial score (nSPS) is 9.44. The van der Waals surface area contributed by atoms with E-state index in [4.69, 9.17) is 23.2 Å². The van der Waals surface area contributed by atoms with Gasteiger partial charge in [-0.1, -0.05) is 46.8 Å². The lowest BCUT2D eigenvalue weighted by Gasteiger charge is -1.96. The molecule has 1 rings (SSSR count). The lowest BCUT2D eigenvalue weighted by Crippen LogP contribution is -1.85. The third kappa shape index (κ3) is 4.44. The van der Waals surface area contributed by atoms with Gasteiger partial charge >= 0.3 is 0 Å². The van der Waals surface area contributed by atoms with Crippen LogP contribution >= 0.6 is 35.0 Å². The second-order valence-corrected chi connectivity index (χ2v) is 4.86. The largest absolute Gasteiger partial charge is 0.288 e. The Bertz CT molecular complexity index is 451. The van der Waals surface area contributed by atoms with E-state index >= 15 is 0 Å². The van der Waals surface area contributed by atoms with Crippen LogP contribution in [0.5, 0.6) is 0 Å². The van der Waals surface area contributed by atoms with E-state index in [2.05, 4.69) is 16.8 Å². The van der Waals surface area contributed by atoms with Crippen LogP contribution < -0.4 is 0 Å². The van der Waals surface area contributed by atoms with Crippen molar-refractivity contribution in [3.63, 3.8) is 0 Å². The third-order valence-electron chi connectivity index (χ3n) is 1.60. The zero-order chi connectivity index (χ0) is 12.0. The average molecular weight is 274 g/mol. The van der Waals surface area contributed by atoms with Gasteiger partial charge in [0.05, 0.1) is 5.02 Å². The molecule has 84 valence electrons. The molecule has 0 fully saturated rings. The summed E-state index contributed by atoms with van der Waals surface area (Å²) in [5, 5.41) is 0.731. The lowest BCUT2D eigenvalue weighted by molar-refractivity contribution is -0.109. The predicted molar refractivity (Wildman–Crippen MR) is 68.9 cm³/mol. The fraction of sp³-hybridized carbons (Fsp3) is 0.273. The molecule has 0 N–H and O–H groups in total. The Kier molecular flexibility index (Phi) is 5.68. The number of nitrogens with zero attached hydrogens (tertiary/aromatic N) is 1. The minimum absolute atomic E-state index is 0.104. The van der Waals surface area contributed by atoms with Crippen LogP contribution in [0.3, 0.4) is 0 Å². The summed E-state index contributed by atoms with van der Waals surface area (Å²) < 4.78 is 0. The van der Waals surface area contributed by atoms with Gasteiger partial charge in [0.2, 0.25) is 0 Å².